The summed E-state index contributed by atoms with van der Waals surface area (Å²) in [6.07, 6.45) is -3.89. The Labute approximate surface area is 196 Å². The number of nitrogens with zero attached hydrogens (tertiary/aromatic N) is 2. The first-order chi connectivity index (χ1) is 16.5. The molecule has 0 radical (unpaired) electrons. The normalized spacial score (nSPS) is 16.3. The molecule has 4 rings (SSSR count). The highest BCUT2D eigenvalue weighted by Crippen LogP contribution is 2.25. The van der Waals surface area contributed by atoms with E-state index in [1.807, 2.05) is 0 Å². The number of piperazine rings is 1. The molecule has 0 bridgehead atoms. The Morgan fingerprint density at radius 3 is 2.43 bits per heavy atom. The van der Waals surface area contributed by atoms with Crippen molar-refractivity contribution < 1.29 is 32.3 Å². The van der Waals surface area contributed by atoms with E-state index < -0.39 is 40.8 Å². The number of fused-ring (bicyclic) bond motifs is 1. The lowest BCUT2D eigenvalue weighted by Crippen LogP contribution is -2.57. The average molecular weight is 487 g/mol. The smallest absolute Gasteiger partial charge is 0.406 e. The molecule has 1 unspecified atom stereocenters. The highest BCUT2D eigenvalue weighted by atomic mass is 19.4. The monoisotopic (exact) mass is 487 g/mol. The van der Waals surface area contributed by atoms with Crippen LogP contribution in [0, 0.1) is 0 Å². The van der Waals surface area contributed by atoms with E-state index in [4.69, 9.17) is 0 Å². The Bertz CT molecular complexity index is 1350. The van der Waals surface area contributed by atoms with Gasteiger partial charge in [0.25, 0.3) is 17.6 Å². The number of aromatic amines is 1. The Kier molecular flexibility index (Phi) is 6.33. The lowest BCUT2D eigenvalue weighted by molar-refractivity contribution is -0.274. The summed E-state index contributed by atoms with van der Waals surface area (Å²) in [5.41, 5.74) is -0.709. The van der Waals surface area contributed by atoms with Crippen LogP contribution < -0.4 is 10.2 Å². The van der Waals surface area contributed by atoms with Crippen LogP contribution in [0.4, 0.5) is 13.2 Å². The second-order valence-electron chi connectivity index (χ2n) is 8.08. The molecular weight excluding hydrogens is 467 g/mol. The summed E-state index contributed by atoms with van der Waals surface area (Å²) in [5, 5.41) is -0.225. The van der Waals surface area contributed by atoms with Gasteiger partial charge in [-0.15, -0.1) is 13.2 Å². The van der Waals surface area contributed by atoms with Crippen molar-refractivity contribution in [1.29, 1.82) is 0 Å². The zero-order chi connectivity index (χ0) is 25.3. The molecule has 1 N–H and O–H groups in total. The number of nitrogens with one attached hydrogen (secondary N) is 1. The molecule has 1 atom stereocenters. The Morgan fingerprint density at radius 2 is 1.77 bits per heavy atom. The van der Waals surface area contributed by atoms with Crippen molar-refractivity contribution >= 4 is 28.5 Å². The molecule has 1 saturated heterocycles. The maximum absolute atomic E-state index is 12.9. The van der Waals surface area contributed by atoms with Gasteiger partial charge in [0.05, 0.1) is 5.56 Å². The molecule has 11 heteroatoms. The van der Waals surface area contributed by atoms with E-state index in [-0.39, 0.29) is 36.4 Å². The second-order valence-corrected chi connectivity index (χ2v) is 8.08. The van der Waals surface area contributed by atoms with Gasteiger partial charge in [0.2, 0.25) is 5.43 Å². The number of ether oxygens (including phenoxy) is 1. The quantitative estimate of drug-likeness (QED) is 0.451. The number of ketones is 1. The summed E-state index contributed by atoms with van der Waals surface area (Å²) in [5.74, 6) is -2.85. The molecule has 2 amide bonds. The summed E-state index contributed by atoms with van der Waals surface area (Å²) in [4.78, 5) is 56.9. The van der Waals surface area contributed by atoms with Gasteiger partial charge < -0.3 is 19.5 Å². The van der Waals surface area contributed by atoms with Crippen LogP contribution in [0.3, 0.4) is 0 Å². The van der Waals surface area contributed by atoms with Crippen molar-refractivity contribution in [1.82, 2.24) is 14.8 Å². The summed E-state index contributed by atoms with van der Waals surface area (Å²) in [6, 6.07) is 11.2. The third-order valence-electron chi connectivity index (χ3n) is 5.72. The molecule has 1 fully saturated rings. The van der Waals surface area contributed by atoms with E-state index in [1.54, 1.807) is 42.2 Å². The molecule has 0 saturated carbocycles. The van der Waals surface area contributed by atoms with Crippen LogP contribution in [-0.2, 0) is 4.79 Å². The van der Waals surface area contributed by atoms with Crippen LogP contribution in [0.2, 0.25) is 0 Å². The number of hydrogen-bond acceptors (Lipinski definition) is 5. The molecular formula is C24H20F3N3O5. The second kappa shape index (κ2) is 9.24. The number of benzene rings is 2. The van der Waals surface area contributed by atoms with E-state index >= 15 is 0 Å². The third-order valence-corrected chi connectivity index (χ3v) is 5.72. The number of rotatable bonds is 4. The lowest BCUT2D eigenvalue weighted by Gasteiger charge is -2.39. The Morgan fingerprint density at radius 1 is 1.06 bits per heavy atom. The van der Waals surface area contributed by atoms with Gasteiger partial charge in [-0.25, -0.2) is 0 Å². The average Bonchev–Trinajstić information content (AvgIpc) is 2.83. The Hall–Kier alpha value is -4.15. The fourth-order valence-corrected chi connectivity index (χ4v) is 4.02. The topological polar surface area (TPSA) is 99.8 Å². The Balaban J connectivity index is 1.53. The van der Waals surface area contributed by atoms with Gasteiger partial charge in [-0.3, -0.25) is 19.2 Å². The predicted molar refractivity (Wildman–Crippen MR) is 119 cm³/mol. The number of aromatic nitrogens is 1. The van der Waals surface area contributed by atoms with Gasteiger partial charge in [0, 0.05) is 48.3 Å². The zero-order valence-corrected chi connectivity index (χ0v) is 18.5. The molecule has 2 heterocycles. The maximum Gasteiger partial charge on any atom is 0.573 e. The number of carbonyl (C=O) groups is 3. The fourth-order valence-electron chi connectivity index (χ4n) is 4.02. The van der Waals surface area contributed by atoms with Gasteiger partial charge in [-0.1, -0.05) is 18.2 Å². The van der Waals surface area contributed by atoms with Crippen molar-refractivity contribution in [2.75, 3.05) is 19.6 Å². The SMILES string of the molecule is CC1CN(C(=O)c2ccccc2)CCN1C(=O)C(=O)c1c[nH]c2ccc(OC(F)(F)F)cc2c1=O. The first-order valence-corrected chi connectivity index (χ1v) is 10.7. The number of carbonyl (C=O) groups excluding carboxylic acids is 3. The minimum absolute atomic E-state index is 0.0827. The van der Waals surface area contributed by atoms with Crippen LogP contribution >= 0.6 is 0 Å². The molecule has 0 spiro atoms. The van der Waals surface area contributed by atoms with E-state index in [2.05, 4.69) is 9.72 Å². The maximum atomic E-state index is 12.9. The highest BCUT2D eigenvalue weighted by molar-refractivity contribution is 6.43. The molecule has 3 aromatic rings. The lowest BCUT2D eigenvalue weighted by atomic mass is 10.1. The number of H-pyrrole nitrogens is 1. The number of hydrogen-bond donors (Lipinski definition) is 1. The first-order valence-electron chi connectivity index (χ1n) is 10.7. The molecule has 2 aromatic carbocycles. The van der Waals surface area contributed by atoms with Gasteiger partial charge in [0.1, 0.15) is 5.75 Å². The van der Waals surface area contributed by atoms with Crippen molar-refractivity contribution in [2.24, 2.45) is 0 Å². The van der Waals surface area contributed by atoms with E-state index in [0.29, 0.717) is 5.56 Å². The summed E-state index contributed by atoms with van der Waals surface area (Å²) in [7, 11) is 0. The zero-order valence-electron chi connectivity index (χ0n) is 18.5. The van der Waals surface area contributed by atoms with Crippen LogP contribution in [0.25, 0.3) is 10.9 Å². The number of Topliss-reactive ketones (excluding diaryl/α,β-unsaturated/α-hetero) is 1. The van der Waals surface area contributed by atoms with E-state index in [9.17, 15) is 32.3 Å². The van der Waals surface area contributed by atoms with Crippen LogP contribution in [0.1, 0.15) is 27.6 Å². The van der Waals surface area contributed by atoms with Crippen molar-refractivity contribution in [3.05, 3.63) is 76.1 Å². The fraction of sp³-hybridized carbons (Fsp3) is 0.250. The van der Waals surface area contributed by atoms with Crippen LogP contribution in [-0.4, -0.2) is 64.4 Å². The minimum atomic E-state index is -4.95. The van der Waals surface area contributed by atoms with Gasteiger partial charge in [-0.05, 0) is 37.3 Å². The van der Waals surface area contributed by atoms with Crippen LogP contribution in [0.15, 0.2) is 59.5 Å². The number of pyridine rings is 1. The molecule has 1 aromatic heterocycles. The minimum Gasteiger partial charge on any atom is -0.406 e. The molecule has 1 aliphatic rings. The molecule has 8 nitrogen and oxygen atoms in total. The summed E-state index contributed by atoms with van der Waals surface area (Å²) >= 11 is 0. The van der Waals surface area contributed by atoms with E-state index in [0.717, 1.165) is 18.3 Å². The van der Waals surface area contributed by atoms with E-state index in [1.165, 1.54) is 11.0 Å². The van der Waals surface area contributed by atoms with Gasteiger partial charge in [-0.2, -0.15) is 0 Å². The van der Waals surface area contributed by atoms with Gasteiger partial charge in [0.15, 0.2) is 0 Å². The third kappa shape index (κ3) is 5.03. The molecule has 35 heavy (non-hydrogen) atoms. The number of alkyl halides is 3. The number of halogens is 3. The molecule has 182 valence electrons. The van der Waals surface area contributed by atoms with Crippen LogP contribution in [0.5, 0.6) is 5.75 Å². The van der Waals surface area contributed by atoms with Crippen molar-refractivity contribution in [2.45, 2.75) is 19.3 Å². The highest BCUT2D eigenvalue weighted by Gasteiger charge is 2.35. The predicted octanol–water partition coefficient (Wildman–Crippen LogP) is 2.98. The van der Waals surface area contributed by atoms with Gasteiger partial charge >= 0.3 is 6.36 Å². The molecule has 1 aliphatic heterocycles. The summed E-state index contributed by atoms with van der Waals surface area (Å²) in [6.45, 7) is 2.16. The molecule has 0 aliphatic carbocycles. The largest absolute Gasteiger partial charge is 0.573 e. The van der Waals surface area contributed by atoms with Crippen molar-refractivity contribution in [3.63, 3.8) is 0 Å². The number of amides is 2. The van der Waals surface area contributed by atoms with Crippen molar-refractivity contribution in [3.8, 4) is 5.75 Å². The first kappa shape index (κ1) is 24.0. The summed E-state index contributed by atoms with van der Waals surface area (Å²) < 4.78 is 41.4. The standard InChI is InChI=1S/C24H20F3N3O5/c1-14-13-29(22(33)15-5-3-2-4-6-15)9-10-30(14)23(34)21(32)18-12-28-19-8-7-16(35-24(25,26)27)11-17(19)20(18)31/h2-8,11-12,14H,9-10,13H2,1H3,(H,28,31).